The molecule has 3 aliphatic rings. The van der Waals surface area contributed by atoms with E-state index in [1.165, 1.54) is 49.0 Å². The van der Waals surface area contributed by atoms with Crippen LogP contribution in [0, 0.1) is 10.4 Å². The molecule has 23 heavy (non-hydrogen) atoms. The second-order valence-electron chi connectivity index (χ2n) is 6.33. The van der Waals surface area contributed by atoms with Gasteiger partial charge in [-0.05, 0) is 24.1 Å². The first kappa shape index (κ1) is 18.3. The lowest BCUT2D eigenvalue weighted by Crippen LogP contribution is -2.28. The molecule has 0 aromatic carbocycles. The highest BCUT2D eigenvalue weighted by molar-refractivity contribution is 5.38. The van der Waals surface area contributed by atoms with Gasteiger partial charge >= 0.3 is 0 Å². The van der Waals surface area contributed by atoms with Crippen LogP contribution in [0.3, 0.4) is 0 Å². The normalized spacial score (nSPS) is 18.1. The zero-order valence-corrected chi connectivity index (χ0v) is 14.8. The smallest absolute Gasteiger partial charge is 0.127 e. The van der Waals surface area contributed by atoms with Gasteiger partial charge < -0.3 is 14.2 Å². The first-order valence-electron chi connectivity index (χ1n) is 9.31. The Labute approximate surface area is 140 Å². The highest BCUT2D eigenvalue weighted by atomic mass is 16.6. The summed E-state index contributed by atoms with van der Waals surface area (Å²) in [7, 11) is 0. The van der Waals surface area contributed by atoms with Gasteiger partial charge in [-0.25, -0.2) is 0 Å². The van der Waals surface area contributed by atoms with Crippen LogP contribution in [-0.4, -0.2) is 32.5 Å². The van der Waals surface area contributed by atoms with E-state index in [4.69, 9.17) is 14.2 Å². The van der Waals surface area contributed by atoms with Gasteiger partial charge in [0.2, 0.25) is 0 Å². The highest BCUT2D eigenvalue weighted by Crippen LogP contribution is 2.24. The Bertz CT molecular complexity index is 520. The topological polar surface area (TPSA) is 27.7 Å². The number of unbranched alkanes of at least 4 members (excludes halogenated alkanes) is 4. The third-order valence-corrected chi connectivity index (χ3v) is 4.31. The minimum absolute atomic E-state index is 0.383. The molecule has 1 unspecified atom stereocenters. The summed E-state index contributed by atoms with van der Waals surface area (Å²) in [4.78, 5) is 0. The summed E-state index contributed by atoms with van der Waals surface area (Å²) in [5.41, 5.74) is 0. The molecule has 0 aromatic rings. The minimum Gasteiger partial charge on any atom is -0.493 e. The average molecular weight is 320 g/mol. The van der Waals surface area contributed by atoms with E-state index in [2.05, 4.69) is 32.0 Å². The molecular formula is C20H32O3. The van der Waals surface area contributed by atoms with Crippen LogP contribution >= 0.6 is 0 Å². The Morgan fingerprint density at radius 2 is 1.91 bits per heavy atom. The summed E-state index contributed by atoms with van der Waals surface area (Å²) < 4.78 is 16.3. The van der Waals surface area contributed by atoms with Crippen LogP contribution in [0.1, 0.15) is 58.8 Å². The van der Waals surface area contributed by atoms with Crippen molar-refractivity contribution in [3.8, 4) is 5.75 Å². The quantitative estimate of drug-likeness (QED) is 0.619. The lowest BCUT2D eigenvalue weighted by Gasteiger charge is -2.22. The maximum Gasteiger partial charge on any atom is 0.127 e. The molecule has 0 aromatic heterocycles. The zero-order chi connectivity index (χ0) is 16.3. The summed E-state index contributed by atoms with van der Waals surface area (Å²) >= 11 is 0. The van der Waals surface area contributed by atoms with Crippen molar-refractivity contribution in [3.63, 3.8) is 0 Å². The van der Waals surface area contributed by atoms with Crippen molar-refractivity contribution in [1.29, 1.82) is 0 Å². The van der Waals surface area contributed by atoms with Gasteiger partial charge in [0, 0.05) is 5.22 Å². The van der Waals surface area contributed by atoms with Crippen molar-refractivity contribution in [1.82, 2.24) is 0 Å². The lowest BCUT2D eigenvalue weighted by molar-refractivity contribution is -0.0911. The van der Waals surface area contributed by atoms with Crippen LogP contribution in [0.25, 0.3) is 0 Å². The van der Waals surface area contributed by atoms with Gasteiger partial charge in [0.05, 0.1) is 32.5 Å². The number of hydrogen-bond acceptors (Lipinski definition) is 3. The summed E-state index contributed by atoms with van der Waals surface area (Å²) in [5, 5.41) is 2.69. The van der Waals surface area contributed by atoms with Crippen molar-refractivity contribution in [2.45, 2.75) is 64.9 Å². The molecule has 0 saturated carbocycles. The summed E-state index contributed by atoms with van der Waals surface area (Å²) in [6.45, 7) is 7.68. The summed E-state index contributed by atoms with van der Waals surface area (Å²) in [6.07, 6.45) is 9.17. The monoisotopic (exact) mass is 320 g/mol. The molecule has 1 heterocycles. The Hall–Kier alpha value is -1.06. The highest BCUT2D eigenvalue weighted by Gasteiger charge is 2.12. The van der Waals surface area contributed by atoms with E-state index in [0.29, 0.717) is 6.10 Å². The van der Waals surface area contributed by atoms with Crippen LogP contribution in [0.4, 0.5) is 0 Å². The standard InChI is InChI=1S/C12H16O.C8H16O2/c1-2-3-4-5-8-13-12-9-10-6-7-11(10)12;1-2-3-4-8-7-9-5-6-10-8/h6-7,9H,2-5,8H2,1H3;8H,2-7H2,1H3. The third-order valence-electron chi connectivity index (χ3n) is 4.31. The fraction of sp³-hybridized carbons (Fsp3) is 0.700. The van der Waals surface area contributed by atoms with E-state index in [9.17, 15) is 0 Å². The predicted molar refractivity (Wildman–Crippen MR) is 93.8 cm³/mol. The molecule has 1 fully saturated rings. The molecule has 1 aliphatic heterocycles. The largest absolute Gasteiger partial charge is 0.493 e. The van der Waals surface area contributed by atoms with Gasteiger partial charge in [-0.1, -0.05) is 58.1 Å². The Morgan fingerprint density at radius 3 is 2.48 bits per heavy atom. The van der Waals surface area contributed by atoms with Gasteiger partial charge in [-0.15, -0.1) is 0 Å². The SMILES string of the molecule is CCCCC1COCCO1.CCCCCCOc1cc2ccc1=2. The van der Waals surface area contributed by atoms with E-state index in [-0.39, 0.29) is 0 Å². The number of rotatable bonds is 9. The molecule has 0 amide bonds. The third kappa shape index (κ3) is 6.15. The van der Waals surface area contributed by atoms with E-state index in [0.717, 1.165) is 38.6 Å². The van der Waals surface area contributed by atoms with Crippen LogP contribution in [0.15, 0.2) is 18.2 Å². The molecule has 2 aliphatic carbocycles. The van der Waals surface area contributed by atoms with Crippen molar-refractivity contribution < 1.29 is 14.2 Å². The molecule has 0 spiro atoms. The van der Waals surface area contributed by atoms with Crippen molar-refractivity contribution in [2.75, 3.05) is 26.4 Å². The second-order valence-corrected chi connectivity index (χ2v) is 6.33. The van der Waals surface area contributed by atoms with Gasteiger partial charge in [0.25, 0.3) is 0 Å². The average Bonchev–Trinajstić information content (AvgIpc) is 2.58. The maximum atomic E-state index is 5.61. The van der Waals surface area contributed by atoms with E-state index < -0.39 is 0 Å². The van der Waals surface area contributed by atoms with Gasteiger partial charge in [0.1, 0.15) is 5.75 Å². The van der Waals surface area contributed by atoms with E-state index in [1.807, 2.05) is 0 Å². The maximum absolute atomic E-state index is 5.61. The van der Waals surface area contributed by atoms with Gasteiger partial charge in [0.15, 0.2) is 0 Å². The molecule has 1 atom stereocenters. The van der Waals surface area contributed by atoms with E-state index in [1.54, 1.807) is 0 Å². The minimum atomic E-state index is 0.383. The van der Waals surface area contributed by atoms with Crippen molar-refractivity contribution in [2.24, 2.45) is 0 Å². The van der Waals surface area contributed by atoms with Crippen LogP contribution < -0.4 is 4.74 Å². The Kier molecular flexibility index (Phi) is 8.48. The zero-order valence-electron chi connectivity index (χ0n) is 14.8. The van der Waals surface area contributed by atoms with Crippen LogP contribution in [-0.2, 0) is 9.47 Å². The Balaban J connectivity index is 0.000000174. The van der Waals surface area contributed by atoms with Gasteiger partial charge in [-0.2, -0.15) is 0 Å². The van der Waals surface area contributed by atoms with Gasteiger partial charge in [-0.3, -0.25) is 0 Å². The molecule has 130 valence electrons. The van der Waals surface area contributed by atoms with Crippen LogP contribution in [0.5, 0.6) is 5.75 Å². The summed E-state index contributed by atoms with van der Waals surface area (Å²) in [6, 6.07) is 6.37. The molecular weight excluding hydrogens is 288 g/mol. The molecule has 0 N–H and O–H groups in total. The molecule has 3 heteroatoms. The fourth-order valence-electron chi connectivity index (χ4n) is 2.72. The number of hydrogen-bond donors (Lipinski definition) is 0. The number of ether oxygens (including phenoxy) is 3. The molecule has 0 radical (unpaired) electrons. The first-order chi connectivity index (χ1) is 11.3. The van der Waals surface area contributed by atoms with Crippen molar-refractivity contribution in [3.05, 3.63) is 28.6 Å². The lowest BCUT2D eigenvalue weighted by atomic mass is 10.1. The fourth-order valence-corrected chi connectivity index (χ4v) is 2.72. The Morgan fingerprint density at radius 1 is 1.04 bits per heavy atom. The molecule has 0 bridgehead atoms. The first-order valence-corrected chi connectivity index (χ1v) is 9.31. The molecule has 3 rings (SSSR count). The summed E-state index contributed by atoms with van der Waals surface area (Å²) in [5.74, 6) is 1.11. The van der Waals surface area contributed by atoms with Crippen molar-refractivity contribution >= 4 is 0 Å². The predicted octanol–water partition coefficient (Wildman–Crippen LogP) is 4.84. The second kappa shape index (κ2) is 10.7. The molecule has 3 nitrogen and oxygen atoms in total. The van der Waals surface area contributed by atoms with E-state index >= 15 is 0 Å². The van der Waals surface area contributed by atoms with Crippen LogP contribution in [0.2, 0.25) is 0 Å². The number of benzene rings is 1. The molecule has 1 saturated heterocycles.